The third kappa shape index (κ3) is 3.63. The second kappa shape index (κ2) is 6.74. The zero-order valence-corrected chi connectivity index (χ0v) is 12.6. The summed E-state index contributed by atoms with van der Waals surface area (Å²) < 4.78 is 5.21. The number of piperazine rings is 1. The van der Waals surface area contributed by atoms with E-state index in [1.807, 2.05) is 0 Å². The number of hydrogen-bond acceptors (Lipinski definition) is 1. The minimum Gasteiger partial charge on any atom is -0.497 e. The van der Waals surface area contributed by atoms with Crippen LogP contribution < -0.4 is 14.5 Å². The van der Waals surface area contributed by atoms with Crippen LogP contribution in [0.25, 0.3) is 0 Å². The van der Waals surface area contributed by atoms with E-state index >= 15 is 0 Å². The van der Waals surface area contributed by atoms with Crippen molar-refractivity contribution >= 4 is 5.69 Å². The number of benzene rings is 2. The standard InChI is InChI=1S/C18H22N2O/c1-21-18-9-7-16(8-10-18)15-19-11-13-20(14-12-19)17-5-3-2-4-6-17/h2-10H,11-15H2,1H3/p+2. The minimum atomic E-state index is 0.937. The molecule has 1 aliphatic rings. The van der Waals surface area contributed by atoms with Gasteiger partial charge in [-0.2, -0.15) is 0 Å². The molecule has 1 heterocycles. The lowest BCUT2D eigenvalue weighted by Gasteiger charge is -2.29. The molecular formula is C18H24N2O+2. The zero-order chi connectivity index (χ0) is 14.5. The number of hydrogen-bond donors (Lipinski definition) is 2. The highest BCUT2D eigenvalue weighted by molar-refractivity contribution is 5.28. The summed E-state index contributed by atoms with van der Waals surface area (Å²) in [5.74, 6) is 0.937. The first-order valence-corrected chi connectivity index (χ1v) is 7.72. The smallest absolute Gasteiger partial charge is 0.132 e. The molecular weight excluding hydrogens is 260 g/mol. The Balaban J connectivity index is 1.53. The van der Waals surface area contributed by atoms with Gasteiger partial charge in [-0.1, -0.05) is 18.2 Å². The fourth-order valence-corrected chi connectivity index (χ4v) is 3.08. The Labute approximate surface area is 126 Å². The first kappa shape index (κ1) is 14.1. The van der Waals surface area contributed by atoms with Crippen LogP contribution in [-0.4, -0.2) is 33.3 Å². The van der Waals surface area contributed by atoms with E-state index < -0.39 is 0 Å². The van der Waals surface area contributed by atoms with Gasteiger partial charge in [0.15, 0.2) is 0 Å². The number of methoxy groups -OCH3 is 1. The summed E-state index contributed by atoms with van der Waals surface area (Å²) in [7, 11) is 1.71. The van der Waals surface area contributed by atoms with E-state index in [-0.39, 0.29) is 0 Å². The summed E-state index contributed by atoms with van der Waals surface area (Å²) in [6.45, 7) is 6.02. The van der Waals surface area contributed by atoms with Crippen molar-refractivity contribution in [3.8, 4) is 5.75 Å². The van der Waals surface area contributed by atoms with Gasteiger partial charge in [-0.05, 0) is 36.4 Å². The van der Waals surface area contributed by atoms with Gasteiger partial charge in [-0.25, -0.2) is 0 Å². The Hall–Kier alpha value is -1.84. The summed E-state index contributed by atoms with van der Waals surface area (Å²) in [5, 5.41) is 0. The monoisotopic (exact) mass is 284 g/mol. The van der Waals surface area contributed by atoms with E-state index in [9.17, 15) is 0 Å². The maximum atomic E-state index is 5.21. The van der Waals surface area contributed by atoms with Gasteiger partial charge in [0.1, 0.15) is 44.2 Å². The Bertz CT molecular complexity index is 545. The van der Waals surface area contributed by atoms with E-state index in [1.54, 1.807) is 16.9 Å². The lowest BCUT2D eigenvalue weighted by atomic mass is 10.2. The molecule has 0 aliphatic carbocycles. The van der Waals surface area contributed by atoms with Gasteiger partial charge in [0.05, 0.1) is 7.11 Å². The summed E-state index contributed by atoms with van der Waals surface area (Å²) in [4.78, 5) is 3.30. The van der Waals surface area contributed by atoms with E-state index in [0.717, 1.165) is 12.3 Å². The molecule has 0 atom stereocenters. The first-order valence-electron chi connectivity index (χ1n) is 7.72. The van der Waals surface area contributed by atoms with E-state index in [2.05, 4.69) is 54.6 Å². The van der Waals surface area contributed by atoms with Crippen LogP contribution in [-0.2, 0) is 6.54 Å². The van der Waals surface area contributed by atoms with Gasteiger partial charge in [0, 0.05) is 5.56 Å². The van der Waals surface area contributed by atoms with Crippen LogP contribution in [0.15, 0.2) is 54.6 Å². The molecule has 0 spiro atoms. The maximum absolute atomic E-state index is 5.21. The van der Waals surface area contributed by atoms with Gasteiger partial charge >= 0.3 is 0 Å². The molecule has 0 amide bonds. The molecule has 2 aromatic rings. The van der Waals surface area contributed by atoms with Gasteiger partial charge in [0.25, 0.3) is 0 Å². The van der Waals surface area contributed by atoms with Crippen molar-refractivity contribution in [1.82, 2.24) is 0 Å². The summed E-state index contributed by atoms with van der Waals surface area (Å²) in [5.41, 5.74) is 2.83. The number of ether oxygens (including phenoxy) is 1. The molecule has 3 heteroatoms. The predicted octanol–water partition coefficient (Wildman–Crippen LogP) is 0.310. The maximum Gasteiger partial charge on any atom is 0.132 e. The molecule has 1 aliphatic heterocycles. The third-order valence-electron chi connectivity index (χ3n) is 4.36. The summed E-state index contributed by atoms with van der Waals surface area (Å²) in [6.07, 6.45) is 0. The second-order valence-corrected chi connectivity index (χ2v) is 5.74. The van der Waals surface area contributed by atoms with E-state index in [1.165, 1.54) is 37.4 Å². The number of nitrogens with one attached hydrogen (secondary N) is 2. The van der Waals surface area contributed by atoms with Crippen LogP contribution in [0.2, 0.25) is 0 Å². The zero-order valence-electron chi connectivity index (χ0n) is 12.6. The van der Waals surface area contributed by atoms with Crippen molar-refractivity contribution in [2.24, 2.45) is 0 Å². The quantitative estimate of drug-likeness (QED) is 0.827. The molecule has 1 saturated heterocycles. The lowest BCUT2D eigenvalue weighted by Crippen LogP contribution is -3.25. The molecule has 0 saturated carbocycles. The fourth-order valence-electron chi connectivity index (χ4n) is 3.08. The minimum absolute atomic E-state index is 0.937. The normalized spacial score (nSPS) is 22.0. The Morgan fingerprint density at radius 1 is 0.857 bits per heavy atom. The first-order chi connectivity index (χ1) is 10.3. The van der Waals surface area contributed by atoms with Gasteiger partial charge < -0.3 is 9.64 Å². The number of quaternary nitrogens is 2. The van der Waals surface area contributed by atoms with Crippen molar-refractivity contribution in [3.05, 3.63) is 60.2 Å². The van der Waals surface area contributed by atoms with Crippen LogP contribution in [0.4, 0.5) is 5.69 Å². The highest BCUT2D eigenvalue weighted by Gasteiger charge is 2.24. The molecule has 1 fully saturated rings. The molecule has 2 N–H and O–H groups in total. The van der Waals surface area contributed by atoms with Crippen LogP contribution in [0.3, 0.4) is 0 Å². The van der Waals surface area contributed by atoms with Gasteiger partial charge in [-0.15, -0.1) is 0 Å². The molecule has 2 aromatic carbocycles. The second-order valence-electron chi connectivity index (χ2n) is 5.74. The average Bonchev–Trinajstić information content (AvgIpc) is 2.57. The van der Waals surface area contributed by atoms with Crippen molar-refractivity contribution in [3.63, 3.8) is 0 Å². The van der Waals surface area contributed by atoms with Crippen molar-refractivity contribution in [1.29, 1.82) is 0 Å². The molecule has 0 aromatic heterocycles. The summed E-state index contributed by atoms with van der Waals surface area (Å²) in [6, 6.07) is 19.3. The fraction of sp³-hybridized carbons (Fsp3) is 0.333. The van der Waals surface area contributed by atoms with Gasteiger partial charge in [-0.3, -0.25) is 4.90 Å². The third-order valence-corrected chi connectivity index (χ3v) is 4.36. The summed E-state index contributed by atoms with van der Waals surface area (Å²) >= 11 is 0. The van der Waals surface area contributed by atoms with Crippen molar-refractivity contribution < 1.29 is 14.5 Å². The van der Waals surface area contributed by atoms with Crippen LogP contribution in [0, 0.1) is 0 Å². The molecule has 0 radical (unpaired) electrons. The van der Waals surface area contributed by atoms with E-state index in [4.69, 9.17) is 4.74 Å². The topological polar surface area (TPSA) is 18.1 Å². The van der Waals surface area contributed by atoms with Crippen LogP contribution in [0.5, 0.6) is 5.75 Å². The average molecular weight is 284 g/mol. The van der Waals surface area contributed by atoms with Crippen LogP contribution >= 0.6 is 0 Å². The number of para-hydroxylation sites is 1. The van der Waals surface area contributed by atoms with Crippen LogP contribution in [0.1, 0.15) is 5.56 Å². The molecule has 3 rings (SSSR count). The Morgan fingerprint density at radius 3 is 2.14 bits per heavy atom. The predicted molar refractivity (Wildman–Crippen MR) is 84.2 cm³/mol. The molecule has 110 valence electrons. The molecule has 0 unspecified atom stereocenters. The molecule has 21 heavy (non-hydrogen) atoms. The van der Waals surface area contributed by atoms with E-state index in [0.29, 0.717) is 0 Å². The largest absolute Gasteiger partial charge is 0.497 e. The van der Waals surface area contributed by atoms with Gasteiger partial charge in [0.2, 0.25) is 0 Å². The highest BCUT2D eigenvalue weighted by Crippen LogP contribution is 2.10. The highest BCUT2D eigenvalue weighted by atomic mass is 16.5. The van der Waals surface area contributed by atoms with Crippen molar-refractivity contribution in [2.75, 3.05) is 33.3 Å². The lowest BCUT2D eigenvalue weighted by molar-refractivity contribution is -0.994. The van der Waals surface area contributed by atoms with Crippen molar-refractivity contribution in [2.45, 2.75) is 6.54 Å². The molecule has 0 bridgehead atoms. The molecule has 3 nitrogen and oxygen atoms in total. The Kier molecular flexibility index (Phi) is 4.53. The SMILES string of the molecule is COc1ccc(C[NH+]2CC[NH+](c3ccccc3)CC2)cc1. The Morgan fingerprint density at radius 2 is 1.52 bits per heavy atom. The number of rotatable bonds is 4.